The molecule has 0 aromatic heterocycles. The summed E-state index contributed by atoms with van der Waals surface area (Å²) < 4.78 is 53.9. The number of hydrogen-bond acceptors (Lipinski definition) is 11. The number of allylic oxidation sites excluding steroid dienone is 4. The van der Waals surface area contributed by atoms with Gasteiger partial charge in [0.25, 0.3) is 10.1 Å². The van der Waals surface area contributed by atoms with Crippen LogP contribution in [0.15, 0.2) is 24.3 Å². The molecule has 0 saturated carbocycles. The molecule has 55 heavy (non-hydrogen) atoms. The van der Waals surface area contributed by atoms with Crippen molar-refractivity contribution in [1.29, 1.82) is 0 Å². The quantitative estimate of drug-likeness (QED) is 0.0209. The number of aliphatic hydroxyl groups is 3. The highest BCUT2D eigenvalue weighted by Gasteiger charge is 2.46. The fraction of sp³-hybridized carbons (Fsp3) is 0.857. The van der Waals surface area contributed by atoms with E-state index in [9.17, 15) is 37.9 Å². The molecule has 0 bridgehead atoms. The Bertz CT molecular complexity index is 1130. The number of rotatable bonds is 35. The monoisotopic (exact) mass is 805 g/mol. The Morgan fingerprint density at radius 1 is 0.600 bits per heavy atom. The van der Waals surface area contributed by atoms with Crippen molar-refractivity contribution in [2.75, 3.05) is 19.0 Å². The lowest BCUT2D eigenvalue weighted by molar-refractivity contribution is -0.297. The lowest BCUT2D eigenvalue weighted by Gasteiger charge is -2.40. The van der Waals surface area contributed by atoms with E-state index in [0.717, 1.165) is 51.4 Å². The Hall–Kier alpha value is -1.87. The van der Waals surface area contributed by atoms with Crippen molar-refractivity contribution in [3.8, 4) is 0 Å². The average molecular weight is 805 g/mol. The summed E-state index contributed by atoms with van der Waals surface area (Å²) in [6, 6.07) is 0. The highest BCUT2D eigenvalue weighted by atomic mass is 32.2. The van der Waals surface area contributed by atoms with Crippen LogP contribution in [-0.2, 0) is 38.7 Å². The standard InChI is InChI=1S/C42H76O12S/c1-3-5-7-9-11-13-15-17-18-19-21-22-24-26-28-30-37(43)51-32-35(33-52-42-41(47)40(46)39(45)36(54-42)34-55(48,49)50)53-38(44)31-29-27-25-23-20-16-14-12-10-8-6-4-2/h12,14,24,26,35-36,39-42,45-47H,3-11,13,15-23,25,27-34H2,1-2H3,(H,48,49,50)/b14-12+,26-24+/t35-,36-,39-,40?,41?,42+/m1/s1. The Balaban J connectivity index is 2.50. The third kappa shape index (κ3) is 28.2. The summed E-state index contributed by atoms with van der Waals surface area (Å²) in [6.07, 6.45) is 25.3. The molecule has 0 aromatic rings. The van der Waals surface area contributed by atoms with E-state index >= 15 is 0 Å². The van der Waals surface area contributed by atoms with Gasteiger partial charge in [0.15, 0.2) is 12.4 Å². The van der Waals surface area contributed by atoms with Crippen molar-refractivity contribution < 1.29 is 56.8 Å². The minimum atomic E-state index is -4.60. The third-order valence-corrected chi connectivity index (χ3v) is 10.5. The third-order valence-electron chi connectivity index (χ3n) is 9.77. The molecule has 2 unspecified atom stereocenters. The van der Waals surface area contributed by atoms with E-state index in [0.29, 0.717) is 12.8 Å². The summed E-state index contributed by atoms with van der Waals surface area (Å²) >= 11 is 0. The highest BCUT2D eigenvalue weighted by Crippen LogP contribution is 2.24. The van der Waals surface area contributed by atoms with Gasteiger partial charge in [-0.05, 0) is 51.4 Å². The van der Waals surface area contributed by atoms with Crippen LogP contribution in [0.4, 0.5) is 0 Å². The molecule has 1 saturated heterocycles. The summed E-state index contributed by atoms with van der Waals surface area (Å²) in [5, 5.41) is 30.8. The highest BCUT2D eigenvalue weighted by molar-refractivity contribution is 7.85. The maximum Gasteiger partial charge on any atom is 0.306 e. The first-order chi connectivity index (χ1) is 26.5. The van der Waals surface area contributed by atoms with Gasteiger partial charge in [0.2, 0.25) is 0 Å². The summed E-state index contributed by atoms with van der Waals surface area (Å²) in [4.78, 5) is 25.3. The topological polar surface area (TPSA) is 186 Å². The van der Waals surface area contributed by atoms with Crippen LogP contribution in [0.5, 0.6) is 0 Å². The first kappa shape index (κ1) is 51.1. The minimum Gasteiger partial charge on any atom is -0.462 e. The lowest BCUT2D eigenvalue weighted by atomic mass is 10.00. The van der Waals surface area contributed by atoms with Gasteiger partial charge >= 0.3 is 11.9 Å². The summed E-state index contributed by atoms with van der Waals surface area (Å²) in [5.41, 5.74) is 0. The van der Waals surface area contributed by atoms with E-state index in [1.807, 2.05) is 6.08 Å². The molecule has 322 valence electrons. The molecule has 0 radical (unpaired) electrons. The molecule has 1 aliphatic heterocycles. The van der Waals surface area contributed by atoms with Crippen LogP contribution in [0.1, 0.15) is 174 Å². The first-order valence-corrected chi connectivity index (χ1v) is 23.0. The van der Waals surface area contributed by atoms with Gasteiger partial charge in [0, 0.05) is 12.8 Å². The number of esters is 2. The molecule has 12 nitrogen and oxygen atoms in total. The van der Waals surface area contributed by atoms with Crippen LogP contribution < -0.4 is 0 Å². The predicted molar refractivity (Wildman–Crippen MR) is 215 cm³/mol. The molecule has 4 N–H and O–H groups in total. The van der Waals surface area contributed by atoms with Crippen molar-refractivity contribution in [2.24, 2.45) is 0 Å². The van der Waals surface area contributed by atoms with Crippen LogP contribution in [0, 0.1) is 0 Å². The van der Waals surface area contributed by atoms with Crippen molar-refractivity contribution in [1.82, 2.24) is 0 Å². The maximum atomic E-state index is 12.7. The molecule has 0 amide bonds. The van der Waals surface area contributed by atoms with Crippen LogP contribution in [0.2, 0.25) is 0 Å². The van der Waals surface area contributed by atoms with Crippen molar-refractivity contribution in [3.63, 3.8) is 0 Å². The van der Waals surface area contributed by atoms with Gasteiger partial charge in [-0.25, -0.2) is 0 Å². The molecule has 13 heteroatoms. The van der Waals surface area contributed by atoms with Crippen LogP contribution >= 0.6 is 0 Å². The number of carbonyl (C=O) groups is 2. The molecular weight excluding hydrogens is 729 g/mol. The average Bonchev–Trinajstić information content (AvgIpc) is 3.14. The van der Waals surface area contributed by atoms with E-state index in [1.165, 1.54) is 83.5 Å². The van der Waals surface area contributed by atoms with Gasteiger partial charge < -0.3 is 34.3 Å². The van der Waals surface area contributed by atoms with Crippen LogP contribution in [0.3, 0.4) is 0 Å². The van der Waals surface area contributed by atoms with Crippen molar-refractivity contribution >= 4 is 22.1 Å². The van der Waals surface area contributed by atoms with Gasteiger partial charge in [0.1, 0.15) is 36.8 Å². The number of aliphatic hydroxyl groups excluding tert-OH is 3. The number of hydrogen-bond donors (Lipinski definition) is 4. The Morgan fingerprint density at radius 3 is 1.62 bits per heavy atom. The number of unbranched alkanes of at least 4 members (excludes halogenated alkanes) is 19. The minimum absolute atomic E-state index is 0.136. The van der Waals surface area contributed by atoms with Gasteiger partial charge in [-0.15, -0.1) is 0 Å². The molecule has 1 fully saturated rings. The van der Waals surface area contributed by atoms with Crippen LogP contribution in [0.25, 0.3) is 0 Å². The largest absolute Gasteiger partial charge is 0.462 e. The van der Waals surface area contributed by atoms with Crippen molar-refractivity contribution in [2.45, 2.75) is 211 Å². The summed E-state index contributed by atoms with van der Waals surface area (Å²) in [5.74, 6) is -2.05. The molecule has 1 heterocycles. The van der Waals surface area contributed by atoms with E-state index in [1.54, 1.807) is 0 Å². The molecule has 0 aliphatic carbocycles. The van der Waals surface area contributed by atoms with Crippen molar-refractivity contribution in [3.05, 3.63) is 24.3 Å². The zero-order valence-corrected chi connectivity index (χ0v) is 34.9. The molecular formula is C42H76O12S. The van der Waals surface area contributed by atoms with Gasteiger partial charge in [-0.2, -0.15) is 8.42 Å². The van der Waals surface area contributed by atoms with Gasteiger partial charge in [-0.1, -0.05) is 134 Å². The Morgan fingerprint density at radius 2 is 1.07 bits per heavy atom. The Labute approximate surface area is 332 Å². The predicted octanol–water partition coefficient (Wildman–Crippen LogP) is 8.06. The Kier molecular flexibility index (Phi) is 30.8. The second-order valence-electron chi connectivity index (χ2n) is 15.0. The summed E-state index contributed by atoms with van der Waals surface area (Å²) in [7, 11) is -4.60. The number of ether oxygens (including phenoxy) is 4. The molecule has 0 aromatic carbocycles. The lowest BCUT2D eigenvalue weighted by Crippen LogP contribution is -2.60. The normalized spacial score (nSPS) is 21.0. The fourth-order valence-electron chi connectivity index (χ4n) is 6.39. The second-order valence-corrected chi connectivity index (χ2v) is 16.5. The zero-order chi connectivity index (χ0) is 40.6. The molecule has 1 rings (SSSR count). The van der Waals surface area contributed by atoms with E-state index in [2.05, 4.69) is 32.1 Å². The van der Waals surface area contributed by atoms with E-state index in [-0.39, 0.29) is 19.4 Å². The summed E-state index contributed by atoms with van der Waals surface area (Å²) in [6.45, 7) is 3.68. The van der Waals surface area contributed by atoms with E-state index in [4.69, 9.17) is 18.9 Å². The molecule has 0 spiro atoms. The zero-order valence-electron chi connectivity index (χ0n) is 34.0. The fourth-order valence-corrected chi connectivity index (χ4v) is 7.08. The van der Waals surface area contributed by atoms with E-state index < -0.39 is 71.2 Å². The molecule has 6 atom stereocenters. The van der Waals surface area contributed by atoms with Gasteiger partial charge in [0.05, 0.1) is 6.61 Å². The van der Waals surface area contributed by atoms with Gasteiger partial charge in [-0.3, -0.25) is 14.1 Å². The molecule has 1 aliphatic rings. The maximum absolute atomic E-state index is 12.7. The first-order valence-electron chi connectivity index (χ1n) is 21.4. The van der Waals surface area contributed by atoms with Crippen LogP contribution in [-0.4, -0.2) is 96.0 Å². The number of carbonyl (C=O) groups excluding carboxylic acids is 2. The SMILES string of the molecule is CCCCC/C=C/CCCCCCCC(=O)O[C@H](COC(=O)CC/C=C/CCCCCCCCCCCCC)CO[C@H]1O[C@H](CS(=O)(=O)O)[C@@H](O)C(O)C1O. The second kappa shape index (κ2) is 33.1. The smallest absolute Gasteiger partial charge is 0.306 e.